The van der Waals surface area contributed by atoms with Crippen LogP contribution in [0, 0.1) is 5.92 Å². The smallest absolute Gasteiger partial charge is 0.252 e. The first kappa shape index (κ1) is 14.4. The van der Waals surface area contributed by atoms with Crippen molar-refractivity contribution in [3.05, 3.63) is 23.9 Å². The number of likely N-dealkylation sites (N-methyl/N-ethyl adjacent to an activating group) is 1. The van der Waals surface area contributed by atoms with E-state index in [1.54, 1.807) is 26.2 Å². The van der Waals surface area contributed by atoms with Crippen molar-refractivity contribution in [2.75, 3.05) is 7.05 Å². The van der Waals surface area contributed by atoms with Crippen LogP contribution in [-0.4, -0.2) is 35.8 Å². The van der Waals surface area contributed by atoms with Gasteiger partial charge in [-0.25, -0.2) is 0 Å². The van der Waals surface area contributed by atoms with Crippen LogP contribution in [0.3, 0.4) is 0 Å². The van der Waals surface area contributed by atoms with Crippen molar-refractivity contribution in [1.82, 2.24) is 10.2 Å². The van der Waals surface area contributed by atoms with E-state index in [4.69, 9.17) is 5.73 Å². The van der Waals surface area contributed by atoms with Crippen molar-refractivity contribution in [2.45, 2.75) is 32.9 Å². The lowest BCUT2D eigenvalue weighted by molar-refractivity contribution is -0.132. The monoisotopic (exact) mass is 251 g/mol. The first-order valence-corrected chi connectivity index (χ1v) is 6.05. The first-order chi connectivity index (χ1) is 8.32. The zero-order chi connectivity index (χ0) is 13.9. The number of hydrogen-bond acceptors (Lipinski definition) is 3. The summed E-state index contributed by atoms with van der Waals surface area (Å²) in [7, 11) is 1.67. The molecular weight excluding hydrogens is 230 g/mol. The maximum absolute atomic E-state index is 12.0. The van der Waals surface area contributed by atoms with Gasteiger partial charge in [0.05, 0.1) is 6.04 Å². The molecule has 0 aromatic heterocycles. The molecule has 0 fully saturated rings. The predicted molar refractivity (Wildman–Crippen MR) is 70.4 cm³/mol. The summed E-state index contributed by atoms with van der Waals surface area (Å²) in [6.45, 7) is 5.67. The van der Waals surface area contributed by atoms with Gasteiger partial charge >= 0.3 is 0 Å². The van der Waals surface area contributed by atoms with E-state index < -0.39 is 12.1 Å². The van der Waals surface area contributed by atoms with Gasteiger partial charge in [-0.1, -0.05) is 13.8 Å². The summed E-state index contributed by atoms with van der Waals surface area (Å²) in [6, 6.07) is -1.28. The molecule has 1 aliphatic heterocycles. The van der Waals surface area contributed by atoms with Crippen LogP contribution in [0.5, 0.6) is 0 Å². The van der Waals surface area contributed by atoms with Crippen LogP contribution >= 0.6 is 0 Å². The normalized spacial score (nSPS) is 21.7. The third-order valence-corrected chi connectivity index (χ3v) is 2.84. The van der Waals surface area contributed by atoms with E-state index in [9.17, 15) is 9.59 Å². The standard InChI is InChI=1S/C13H21N3O2/c1-8(2)10-5-6-16(4)13(18)11(7-10)15-12(17)9(3)14/h5-9,11H,14H2,1-4H3,(H,15,17). The summed E-state index contributed by atoms with van der Waals surface area (Å²) in [5.74, 6) is -0.214. The Kier molecular flexibility index (Phi) is 4.67. The number of nitrogens with zero attached hydrogens (tertiary/aromatic N) is 1. The molecule has 0 bridgehead atoms. The Bertz CT molecular complexity index is 397. The lowest BCUT2D eigenvalue weighted by Crippen LogP contribution is -2.49. The first-order valence-electron chi connectivity index (χ1n) is 6.05. The number of carbonyl (C=O) groups is 2. The topological polar surface area (TPSA) is 75.4 Å². The molecule has 0 spiro atoms. The molecule has 2 amide bonds. The fourth-order valence-corrected chi connectivity index (χ4v) is 1.58. The van der Waals surface area contributed by atoms with Gasteiger partial charge in [0.2, 0.25) is 5.91 Å². The van der Waals surface area contributed by atoms with Gasteiger partial charge in [-0.05, 0) is 30.6 Å². The van der Waals surface area contributed by atoms with Crippen molar-refractivity contribution in [3.63, 3.8) is 0 Å². The molecule has 3 N–H and O–H groups in total. The van der Waals surface area contributed by atoms with Gasteiger partial charge in [0.25, 0.3) is 5.91 Å². The summed E-state index contributed by atoms with van der Waals surface area (Å²) in [5, 5.41) is 2.65. The number of nitrogens with one attached hydrogen (secondary N) is 1. The van der Waals surface area contributed by atoms with Crippen LogP contribution in [0.15, 0.2) is 23.9 Å². The Morgan fingerprint density at radius 1 is 1.44 bits per heavy atom. The summed E-state index contributed by atoms with van der Waals surface area (Å²) in [6.07, 6.45) is 5.39. The largest absolute Gasteiger partial charge is 0.340 e. The van der Waals surface area contributed by atoms with Gasteiger partial charge in [0.1, 0.15) is 6.04 Å². The maximum Gasteiger partial charge on any atom is 0.252 e. The Hall–Kier alpha value is -1.62. The van der Waals surface area contributed by atoms with E-state index in [-0.39, 0.29) is 17.7 Å². The molecule has 0 saturated carbocycles. The Labute approximate surface area is 108 Å². The molecule has 1 aliphatic rings. The summed E-state index contributed by atoms with van der Waals surface area (Å²) < 4.78 is 0. The van der Waals surface area contributed by atoms with Crippen molar-refractivity contribution < 1.29 is 9.59 Å². The van der Waals surface area contributed by atoms with Crippen LogP contribution in [0.2, 0.25) is 0 Å². The van der Waals surface area contributed by atoms with E-state index >= 15 is 0 Å². The molecule has 2 unspecified atom stereocenters. The van der Waals surface area contributed by atoms with E-state index in [2.05, 4.69) is 5.32 Å². The van der Waals surface area contributed by atoms with Gasteiger partial charge in [0, 0.05) is 13.2 Å². The molecule has 1 rings (SSSR count). The Morgan fingerprint density at radius 2 is 2.06 bits per heavy atom. The predicted octanol–water partition coefficient (Wildman–Crippen LogP) is 0.387. The van der Waals surface area contributed by atoms with Crippen molar-refractivity contribution in [3.8, 4) is 0 Å². The summed E-state index contributed by atoms with van der Waals surface area (Å²) in [4.78, 5) is 25.1. The van der Waals surface area contributed by atoms with E-state index in [1.807, 2.05) is 19.9 Å². The lowest BCUT2D eigenvalue weighted by atomic mass is 10.0. The average molecular weight is 251 g/mol. The minimum Gasteiger partial charge on any atom is -0.340 e. The third kappa shape index (κ3) is 3.43. The van der Waals surface area contributed by atoms with Crippen LogP contribution < -0.4 is 11.1 Å². The minimum atomic E-state index is -0.652. The average Bonchev–Trinajstić information content (AvgIpc) is 2.42. The maximum atomic E-state index is 12.0. The second-order valence-corrected chi connectivity index (χ2v) is 4.86. The molecule has 1 heterocycles. The highest BCUT2D eigenvalue weighted by molar-refractivity contribution is 5.91. The number of nitrogens with two attached hydrogens (primary N) is 1. The zero-order valence-electron chi connectivity index (χ0n) is 11.3. The Morgan fingerprint density at radius 3 is 2.56 bits per heavy atom. The van der Waals surface area contributed by atoms with Crippen LogP contribution in [0.1, 0.15) is 20.8 Å². The minimum absolute atomic E-state index is 0.170. The van der Waals surface area contributed by atoms with E-state index in [0.29, 0.717) is 0 Å². The number of allylic oxidation sites excluding steroid dienone is 2. The van der Waals surface area contributed by atoms with Gasteiger partial charge in [-0.15, -0.1) is 0 Å². The van der Waals surface area contributed by atoms with Gasteiger partial charge in [-0.2, -0.15) is 0 Å². The summed E-state index contributed by atoms with van der Waals surface area (Å²) >= 11 is 0. The highest BCUT2D eigenvalue weighted by Gasteiger charge is 2.24. The number of carbonyl (C=O) groups excluding carboxylic acids is 2. The number of rotatable bonds is 3. The molecule has 0 saturated heterocycles. The molecule has 0 aromatic carbocycles. The van der Waals surface area contributed by atoms with Crippen LogP contribution in [0.4, 0.5) is 0 Å². The lowest BCUT2D eigenvalue weighted by Gasteiger charge is -2.19. The summed E-state index contributed by atoms with van der Waals surface area (Å²) in [5.41, 5.74) is 6.51. The third-order valence-electron chi connectivity index (χ3n) is 2.84. The van der Waals surface area contributed by atoms with Crippen LogP contribution in [0.25, 0.3) is 0 Å². The van der Waals surface area contributed by atoms with Crippen molar-refractivity contribution in [1.29, 1.82) is 0 Å². The van der Waals surface area contributed by atoms with Crippen LogP contribution in [-0.2, 0) is 9.59 Å². The molecular formula is C13H21N3O2. The highest BCUT2D eigenvalue weighted by atomic mass is 16.2. The van der Waals surface area contributed by atoms with Gasteiger partial charge in [0.15, 0.2) is 0 Å². The van der Waals surface area contributed by atoms with Crippen molar-refractivity contribution >= 4 is 11.8 Å². The molecule has 2 atom stereocenters. The van der Waals surface area contributed by atoms with E-state index in [1.165, 1.54) is 4.90 Å². The zero-order valence-corrected chi connectivity index (χ0v) is 11.3. The number of amides is 2. The second kappa shape index (κ2) is 5.82. The van der Waals surface area contributed by atoms with E-state index in [0.717, 1.165) is 5.57 Å². The fraction of sp³-hybridized carbons (Fsp3) is 0.538. The second-order valence-electron chi connectivity index (χ2n) is 4.86. The highest BCUT2D eigenvalue weighted by Crippen LogP contribution is 2.16. The van der Waals surface area contributed by atoms with Gasteiger partial charge < -0.3 is 16.0 Å². The fourth-order valence-electron chi connectivity index (χ4n) is 1.58. The molecule has 0 radical (unpaired) electrons. The molecule has 0 aliphatic carbocycles. The molecule has 100 valence electrons. The Balaban J connectivity index is 2.95. The molecule has 0 aromatic rings. The van der Waals surface area contributed by atoms with Crippen molar-refractivity contribution in [2.24, 2.45) is 11.7 Å². The molecule has 5 heteroatoms. The van der Waals surface area contributed by atoms with Gasteiger partial charge in [-0.3, -0.25) is 9.59 Å². The number of hydrogen-bond donors (Lipinski definition) is 2. The molecule has 18 heavy (non-hydrogen) atoms. The SMILES string of the molecule is CC(C)C1=CC(NC(=O)C(C)N)C(=O)N(C)C=C1. The quantitative estimate of drug-likeness (QED) is 0.761. The molecule has 5 nitrogen and oxygen atoms in total.